The first-order valence-corrected chi connectivity index (χ1v) is 7.36. The normalized spacial score (nSPS) is 10.3. The van der Waals surface area contributed by atoms with Gasteiger partial charge in [0.2, 0.25) is 0 Å². The van der Waals surface area contributed by atoms with E-state index in [9.17, 15) is 10.2 Å². The van der Waals surface area contributed by atoms with E-state index in [4.69, 9.17) is 10.2 Å². The zero-order valence-corrected chi connectivity index (χ0v) is 12.7. The van der Waals surface area contributed by atoms with Crippen molar-refractivity contribution < 1.29 is 20.4 Å². The van der Waals surface area contributed by atoms with Crippen LogP contribution in [0.1, 0.15) is 0 Å². The summed E-state index contributed by atoms with van der Waals surface area (Å²) in [6, 6.07) is 20.9. The van der Waals surface area contributed by atoms with Crippen LogP contribution in [0, 0.1) is 0 Å². The molecule has 4 aromatic carbocycles. The zero-order valence-electron chi connectivity index (χ0n) is 12.7. The van der Waals surface area contributed by atoms with Crippen molar-refractivity contribution >= 4 is 21.5 Å². The van der Waals surface area contributed by atoms with Crippen LogP contribution in [0.3, 0.4) is 0 Å². The molecule has 0 aliphatic carbocycles. The first-order chi connectivity index (χ1) is 11.6. The van der Waals surface area contributed by atoms with Crippen molar-refractivity contribution in [2.75, 3.05) is 0 Å². The predicted molar refractivity (Wildman–Crippen MR) is 94.6 cm³/mol. The highest BCUT2D eigenvalue weighted by Crippen LogP contribution is 2.31. The van der Waals surface area contributed by atoms with Gasteiger partial charge in [-0.25, -0.2) is 0 Å². The molecule has 24 heavy (non-hydrogen) atoms. The molecule has 4 nitrogen and oxygen atoms in total. The van der Waals surface area contributed by atoms with Crippen LogP contribution in [0.2, 0.25) is 0 Å². The number of benzene rings is 4. The molecule has 0 bridgehead atoms. The highest BCUT2D eigenvalue weighted by atomic mass is 16.3. The van der Waals surface area contributed by atoms with Gasteiger partial charge in [0.05, 0.1) is 5.39 Å². The third-order valence-electron chi connectivity index (χ3n) is 3.70. The average molecular weight is 320 g/mol. The molecule has 0 radical (unpaired) electrons. The summed E-state index contributed by atoms with van der Waals surface area (Å²) in [5.41, 5.74) is 0. The molecule has 0 amide bonds. The van der Waals surface area contributed by atoms with Crippen molar-refractivity contribution in [3.05, 3.63) is 72.8 Å². The number of hydrogen-bond acceptors (Lipinski definition) is 4. The van der Waals surface area contributed by atoms with Gasteiger partial charge in [0.1, 0.15) is 11.5 Å². The lowest BCUT2D eigenvalue weighted by Crippen LogP contribution is -1.73. The fraction of sp³-hybridized carbons (Fsp3) is 0. The molecule has 0 unspecified atom stereocenters. The van der Waals surface area contributed by atoms with Crippen LogP contribution < -0.4 is 0 Å². The molecule has 0 spiro atoms. The van der Waals surface area contributed by atoms with Gasteiger partial charge >= 0.3 is 0 Å². The van der Waals surface area contributed by atoms with Crippen LogP contribution in [-0.2, 0) is 0 Å². The third kappa shape index (κ3) is 3.03. The minimum atomic E-state index is -0.0753. The van der Waals surface area contributed by atoms with Crippen LogP contribution in [0.15, 0.2) is 72.8 Å². The third-order valence-corrected chi connectivity index (χ3v) is 3.70. The Kier molecular flexibility index (Phi) is 4.12. The lowest BCUT2D eigenvalue weighted by molar-refractivity contribution is 0.405. The molecule has 0 aromatic heterocycles. The van der Waals surface area contributed by atoms with Crippen molar-refractivity contribution in [3.63, 3.8) is 0 Å². The summed E-state index contributed by atoms with van der Waals surface area (Å²) in [6.45, 7) is 0. The van der Waals surface area contributed by atoms with Crippen molar-refractivity contribution in [2.24, 2.45) is 0 Å². The molecule has 4 N–H and O–H groups in total. The van der Waals surface area contributed by atoms with E-state index in [1.807, 2.05) is 36.4 Å². The number of rotatable bonds is 0. The summed E-state index contributed by atoms with van der Waals surface area (Å²) in [6.07, 6.45) is 0. The molecule has 0 fully saturated rings. The summed E-state index contributed by atoms with van der Waals surface area (Å²) in [7, 11) is 0. The van der Waals surface area contributed by atoms with E-state index < -0.39 is 0 Å². The Hall–Kier alpha value is -3.40. The minimum absolute atomic E-state index is 0.0753. The van der Waals surface area contributed by atoms with E-state index in [1.165, 1.54) is 0 Å². The topological polar surface area (TPSA) is 80.9 Å². The maximum absolute atomic E-state index is 9.39. The summed E-state index contributed by atoms with van der Waals surface area (Å²) in [4.78, 5) is 0. The van der Waals surface area contributed by atoms with Gasteiger partial charge in [-0.3, -0.25) is 0 Å². The Morgan fingerprint density at radius 2 is 0.833 bits per heavy atom. The summed E-state index contributed by atoms with van der Waals surface area (Å²) < 4.78 is 0. The average Bonchev–Trinajstić information content (AvgIpc) is 2.57. The van der Waals surface area contributed by atoms with Gasteiger partial charge in [-0.05, 0) is 40.4 Å². The second kappa shape index (κ2) is 6.38. The van der Waals surface area contributed by atoms with Gasteiger partial charge in [-0.1, -0.05) is 48.5 Å². The molecule has 0 aliphatic heterocycles. The fourth-order valence-electron chi connectivity index (χ4n) is 2.52. The van der Waals surface area contributed by atoms with E-state index in [1.54, 1.807) is 36.4 Å². The molecule has 0 saturated carbocycles. The minimum Gasteiger partial charge on any atom is -0.507 e. The Morgan fingerprint density at radius 3 is 1.25 bits per heavy atom. The van der Waals surface area contributed by atoms with Crippen LogP contribution in [-0.4, -0.2) is 20.4 Å². The number of fused-ring (bicyclic) bond motifs is 2. The second-order valence-corrected chi connectivity index (χ2v) is 5.34. The number of hydrogen-bond donors (Lipinski definition) is 4. The highest BCUT2D eigenvalue weighted by Gasteiger charge is 2.02. The Balaban J connectivity index is 0.000000141. The summed E-state index contributed by atoms with van der Waals surface area (Å²) in [5.74, 6) is 0.0820. The van der Waals surface area contributed by atoms with E-state index in [0.29, 0.717) is 5.39 Å². The predicted octanol–water partition coefficient (Wildman–Crippen LogP) is 4.50. The summed E-state index contributed by atoms with van der Waals surface area (Å²) >= 11 is 0. The van der Waals surface area contributed by atoms with Crippen molar-refractivity contribution in [3.8, 4) is 23.0 Å². The quantitative estimate of drug-likeness (QED) is 0.360. The molecule has 0 saturated heterocycles. The molecule has 120 valence electrons. The molecule has 4 rings (SSSR count). The largest absolute Gasteiger partial charge is 0.507 e. The Labute approximate surface area is 138 Å². The first kappa shape index (κ1) is 15.5. The molecule has 4 heteroatoms. The van der Waals surface area contributed by atoms with Gasteiger partial charge < -0.3 is 20.4 Å². The van der Waals surface area contributed by atoms with Crippen molar-refractivity contribution in [1.29, 1.82) is 0 Å². The van der Waals surface area contributed by atoms with Crippen LogP contribution in [0.25, 0.3) is 21.5 Å². The van der Waals surface area contributed by atoms with E-state index >= 15 is 0 Å². The van der Waals surface area contributed by atoms with Gasteiger partial charge in [0.25, 0.3) is 0 Å². The van der Waals surface area contributed by atoms with Crippen LogP contribution in [0.4, 0.5) is 0 Å². The van der Waals surface area contributed by atoms with Gasteiger partial charge in [0.15, 0.2) is 11.5 Å². The highest BCUT2D eigenvalue weighted by molar-refractivity contribution is 5.93. The van der Waals surface area contributed by atoms with Crippen LogP contribution >= 0.6 is 0 Å². The molecular weight excluding hydrogens is 304 g/mol. The van der Waals surface area contributed by atoms with Crippen LogP contribution in [0.5, 0.6) is 23.0 Å². The maximum atomic E-state index is 9.39. The number of aromatic hydroxyl groups is 4. The number of phenols is 4. The Bertz CT molecular complexity index is 931. The van der Waals surface area contributed by atoms with E-state index in [2.05, 4.69) is 0 Å². The summed E-state index contributed by atoms with van der Waals surface area (Å²) in [5, 5.41) is 40.3. The lowest BCUT2D eigenvalue weighted by Gasteiger charge is -2.01. The molecule has 4 aromatic rings. The van der Waals surface area contributed by atoms with Gasteiger partial charge in [-0.15, -0.1) is 0 Å². The Morgan fingerprint density at radius 1 is 0.417 bits per heavy atom. The SMILES string of the molecule is Oc1cc2ccccc2cc1O.Oc1cccc2cccc(O)c12. The van der Waals surface area contributed by atoms with Crippen molar-refractivity contribution in [2.45, 2.75) is 0 Å². The standard InChI is InChI=1S/2C10H8O2/c11-8-5-1-3-7-4-2-6-9(12)10(7)8;11-9-5-7-3-1-2-4-8(7)6-10(9)12/h2*1-6,11-12H. The maximum Gasteiger partial charge on any atom is 0.158 e. The van der Waals surface area contributed by atoms with E-state index in [-0.39, 0.29) is 23.0 Å². The van der Waals surface area contributed by atoms with Gasteiger partial charge in [-0.2, -0.15) is 0 Å². The number of phenolic OH excluding ortho intramolecular Hbond substituents is 4. The smallest absolute Gasteiger partial charge is 0.158 e. The molecule has 0 heterocycles. The first-order valence-electron chi connectivity index (χ1n) is 7.36. The zero-order chi connectivity index (χ0) is 17.1. The lowest BCUT2D eigenvalue weighted by atomic mass is 10.1. The molecule has 0 atom stereocenters. The van der Waals surface area contributed by atoms with Crippen molar-refractivity contribution in [1.82, 2.24) is 0 Å². The van der Waals surface area contributed by atoms with E-state index in [0.717, 1.165) is 16.2 Å². The second-order valence-electron chi connectivity index (χ2n) is 5.34. The monoisotopic (exact) mass is 320 g/mol. The molecule has 0 aliphatic rings. The fourth-order valence-corrected chi connectivity index (χ4v) is 2.52. The van der Waals surface area contributed by atoms with Gasteiger partial charge in [0, 0.05) is 0 Å². The molecular formula is C20H16O4.